The van der Waals surface area contributed by atoms with Gasteiger partial charge in [-0.1, -0.05) is 12.1 Å². The summed E-state index contributed by atoms with van der Waals surface area (Å²) in [7, 11) is 0. The largest absolute Gasteiger partial charge is 0.375 e. The van der Waals surface area contributed by atoms with E-state index in [9.17, 15) is 10.1 Å². The topological polar surface area (TPSA) is 55.2 Å². The lowest BCUT2D eigenvalue weighted by atomic mass is 10.1. The van der Waals surface area contributed by atoms with Gasteiger partial charge in [-0.15, -0.1) is 0 Å². The van der Waals surface area contributed by atoms with Crippen LogP contribution in [-0.4, -0.2) is 4.92 Å². The van der Waals surface area contributed by atoms with Crippen molar-refractivity contribution in [3.63, 3.8) is 0 Å². The SMILES string of the molecule is Cc1cscc1CNc1c(C)cccc1[N+](=O)[O-]. The van der Waals surface area contributed by atoms with E-state index in [4.69, 9.17) is 0 Å². The molecule has 0 amide bonds. The minimum atomic E-state index is -0.351. The molecule has 2 rings (SSSR count). The van der Waals surface area contributed by atoms with Crippen molar-refractivity contribution in [2.75, 3.05) is 5.32 Å². The van der Waals surface area contributed by atoms with Crippen molar-refractivity contribution < 1.29 is 4.92 Å². The molecule has 1 aromatic carbocycles. The lowest BCUT2D eigenvalue weighted by molar-refractivity contribution is -0.384. The van der Waals surface area contributed by atoms with Gasteiger partial charge in [0, 0.05) is 12.6 Å². The second-order valence-corrected chi connectivity index (χ2v) is 4.90. The van der Waals surface area contributed by atoms with E-state index in [1.807, 2.05) is 19.9 Å². The van der Waals surface area contributed by atoms with Crippen LogP contribution in [0.25, 0.3) is 0 Å². The van der Waals surface area contributed by atoms with Crippen molar-refractivity contribution in [2.24, 2.45) is 0 Å². The number of thiophene rings is 1. The number of aryl methyl sites for hydroxylation is 2. The number of nitrogens with zero attached hydrogens (tertiary/aromatic N) is 1. The summed E-state index contributed by atoms with van der Waals surface area (Å²) in [6, 6.07) is 5.10. The molecule has 0 spiro atoms. The Kier molecular flexibility index (Phi) is 3.62. The maximum absolute atomic E-state index is 11.0. The molecule has 0 aliphatic heterocycles. The second-order valence-electron chi connectivity index (χ2n) is 4.16. The van der Waals surface area contributed by atoms with Gasteiger partial charge in [0.1, 0.15) is 5.69 Å². The van der Waals surface area contributed by atoms with E-state index in [1.165, 1.54) is 17.2 Å². The van der Waals surface area contributed by atoms with E-state index in [2.05, 4.69) is 16.1 Å². The molecule has 0 aliphatic rings. The monoisotopic (exact) mass is 262 g/mol. The third-order valence-corrected chi connectivity index (χ3v) is 3.77. The van der Waals surface area contributed by atoms with Crippen molar-refractivity contribution in [2.45, 2.75) is 20.4 Å². The molecule has 4 nitrogen and oxygen atoms in total. The minimum Gasteiger partial charge on any atom is -0.375 e. The molecule has 5 heteroatoms. The molecule has 18 heavy (non-hydrogen) atoms. The van der Waals surface area contributed by atoms with Crippen LogP contribution < -0.4 is 5.32 Å². The van der Waals surface area contributed by atoms with Gasteiger partial charge in [-0.3, -0.25) is 10.1 Å². The predicted octanol–water partition coefficient (Wildman–Crippen LogP) is 3.89. The Morgan fingerprint density at radius 3 is 2.67 bits per heavy atom. The third-order valence-electron chi connectivity index (χ3n) is 2.86. The molecule has 0 fully saturated rings. The molecule has 1 N–H and O–H groups in total. The van der Waals surface area contributed by atoms with Gasteiger partial charge in [0.2, 0.25) is 0 Å². The fourth-order valence-corrected chi connectivity index (χ4v) is 2.64. The minimum absolute atomic E-state index is 0.128. The van der Waals surface area contributed by atoms with Crippen LogP contribution in [0.4, 0.5) is 11.4 Å². The number of anilines is 1. The Bertz CT molecular complexity index is 578. The molecule has 0 saturated heterocycles. The standard InChI is InChI=1S/C13H14N2O2S/c1-9-4-3-5-12(15(16)17)13(9)14-6-11-8-18-7-10(11)2/h3-5,7-8,14H,6H2,1-2H3. The molecule has 0 bridgehead atoms. The van der Waals surface area contributed by atoms with Crippen LogP contribution in [0.1, 0.15) is 16.7 Å². The van der Waals surface area contributed by atoms with E-state index in [1.54, 1.807) is 17.4 Å². The summed E-state index contributed by atoms with van der Waals surface area (Å²) in [5.74, 6) is 0. The predicted molar refractivity (Wildman–Crippen MR) is 74.2 cm³/mol. The second kappa shape index (κ2) is 5.18. The van der Waals surface area contributed by atoms with Crippen LogP contribution in [0.2, 0.25) is 0 Å². The van der Waals surface area contributed by atoms with Crippen LogP contribution in [0.15, 0.2) is 29.0 Å². The number of hydrogen-bond acceptors (Lipinski definition) is 4. The van der Waals surface area contributed by atoms with Gasteiger partial charge in [0.15, 0.2) is 0 Å². The molecule has 0 atom stereocenters. The van der Waals surface area contributed by atoms with Gasteiger partial charge in [0.05, 0.1) is 4.92 Å². The zero-order chi connectivity index (χ0) is 13.1. The summed E-state index contributed by atoms with van der Waals surface area (Å²) < 4.78 is 0. The summed E-state index contributed by atoms with van der Waals surface area (Å²) in [6.45, 7) is 4.52. The van der Waals surface area contributed by atoms with Crippen LogP contribution in [0.5, 0.6) is 0 Å². The zero-order valence-corrected chi connectivity index (χ0v) is 11.1. The highest BCUT2D eigenvalue weighted by molar-refractivity contribution is 7.08. The Morgan fingerprint density at radius 1 is 1.28 bits per heavy atom. The molecule has 0 saturated carbocycles. The Hall–Kier alpha value is -1.88. The lowest BCUT2D eigenvalue weighted by Crippen LogP contribution is -2.04. The molecule has 0 aliphatic carbocycles. The number of para-hydroxylation sites is 1. The van der Waals surface area contributed by atoms with Gasteiger partial charge in [0.25, 0.3) is 5.69 Å². The lowest BCUT2D eigenvalue weighted by Gasteiger charge is -2.09. The molecule has 1 aromatic heterocycles. The summed E-state index contributed by atoms with van der Waals surface area (Å²) in [6.07, 6.45) is 0. The number of nitrogens with one attached hydrogen (secondary N) is 1. The number of rotatable bonds is 4. The molecule has 94 valence electrons. The Morgan fingerprint density at radius 2 is 2.06 bits per heavy atom. The molecule has 0 radical (unpaired) electrons. The smallest absolute Gasteiger partial charge is 0.292 e. The van der Waals surface area contributed by atoms with Crippen LogP contribution in [0.3, 0.4) is 0 Å². The highest BCUT2D eigenvalue weighted by Gasteiger charge is 2.15. The van der Waals surface area contributed by atoms with Crippen LogP contribution in [-0.2, 0) is 6.54 Å². The van der Waals surface area contributed by atoms with Crippen molar-refractivity contribution in [1.82, 2.24) is 0 Å². The van der Waals surface area contributed by atoms with E-state index in [0.717, 1.165) is 5.56 Å². The van der Waals surface area contributed by atoms with Crippen molar-refractivity contribution in [3.8, 4) is 0 Å². The summed E-state index contributed by atoms with van der Waals surface area (Å²) in [5, 5.41) is 18.3. The fourth-order valence-electron chi connectivity index (χ4n) is 1.79. The first kappa shape index (κ1) is 12.6. The zero-order valence-electron chi connectivity index (χ0n) is 10.3. The van der Waals surface area contributed by atoms with Crippen molar-refractivity contribution >= 4 is 22.7 Å². The molecular formula is C13H14N2O2S. The first-order valence-corrected chi connectivity index (χ1v) is 6.53. The van der Waals surface area contributed by atoms with E-state index in [0.29, 0.717) is 12.2 Å². The van der Waals surface area contributed by atoms with E-state index >= 15 is 0 Å². The summed E-state index contributed by atoms with van der Waals surface area (Å²) in [4.78, 5) is 10.6. The summed E-state index contributed by atoms with van der Waals surface area (Å²) >= 11 is 1.64. The maximum Gasteiger partial charge on any atom is 0.292 e. The molecule has 2 aromatic rings. The highest BCUT2D eigenvalue weighted by Crippen LogP contribution is 2.28. The van der Waals surface area contributed by atoms with Crippen molar-refractivity contribution in [3.05, 3.63) is 55.8 Å². The molecular weight excluding hydrogens is 248 g/mol. The van der Waals surface area contributed by atoms with Gasteiger partial charge in [-0.05, 0) is 41.3 Å². The van der Waals surface area contributed by atoms with E-state index in [-0.39, 0.29) is 10.6 Å². The first-order chi connectivity index (χ1) is 8.59. The average Bonchev–Trinajstić information content (AvgIpc) is 2.73. The molecule has 1 heterocycles. The number of nitro groups is 1. The maximum atomic E-state index is 11.0. The van der Waals surface area contributed by atoms with Gasteiger partial charge >= 0.3 is 0 Å². The first-order valence-electron chi connectivity index (χ1n) is 5.59. The highest BCUT2D eigenvalue weighted by atomic mass is 32.1. The van der Waals surface area contributed by atoms with E-state index < -0.39 is 0 Å². The number of nitro benzene ring substituents is 1. The number of hydrogen-bond donors (Lipinski definition) is 1. The molecule has 0 unspecified atom stereocenters. The van der Waals surface area contributed by atoms with Crippen LogP contribution >= 0.6 is 11.3 Å². The Balaban J connectivity index is 2.24. The number of benzene rings is 1. The average molecular weight is 262 g/mol. The Labute approximate surface area is 109 Å². The summed E-state index contributed by atoms with van der Waals surface area (Å²) in [5.41, 5.74) is 4.01. The van der Waals surface area contributed by atoms with Crippen molar-refractivity contribution in [1.29, 1.82) is 0 Å². The normalized spacial score (nSPS) is 10.3. The third kappa shape index (κ3) is 2.51. The fraction of sp³-hybridized carbons (Fsp3) is 0.231. The van der Waals surface area contributed by atoms with Crippen LogP contribution in [0, 0.1) is 24.0 Å². The quantitative estimate of drug-likeness (QED) is 0.672. The van der Waals surface area contributed by atoms with Gasteiger partial charge in [-0.2, -0.15) is 11.3 Å². The van der Waals surface area contributed by atoms with Gasteiger partial charge < -0.3 is 5.32 Å². The van der Waals surface area contributed by atoms with Gasteiger partial charge in [-0.25, -0.2) is 0 Å².